The van der Waals surface area contributed by atoms with E-state index in [0.717, 1.165) is 18.3 Å². The first kappa shape index (κ1) is 19.7. The minimum Gasteiger partial charge on any atom is -0.350 e. The molecule has 0 bridgehead atoms. The second-order valence-electron chi connectivity index (χ2n) is 7.36. The van der Waals surface area contributed by atoms with E-state index in [1.54, 1.807) is 7.05 Å². The van der Waals surface area contributed by atoms with Crippen LogP contribution in [0.1, 0.15) is 29.9 Å². The maximum atomic E-state index is 4.51. The van der Waals surface area contributed by atoms with Gasteiger partial charge in [0.2, 0.25) is 0 Å². The number of aliphatic imine (C=N–C) groups is 1. The third kappa shape index (κ3) is 4.69. The lowest BCUT2D eigenvalue weighted by Crippen LogP contribution is -2.38. The average molecular weight is 398 g/mol. The van der Waals surface area contributed by atoms with Crippen molar-refractivity contribution >= 4 is 16.7 Å². The molecule has 1 aromatic heterocycles. The van der Waals surface area contributed by atoms with E-state index in [4.69, 9.17) is 0 Å². The van der Waals surface area contributed by atoms with Gasteiger partial charge < -0.3 is 15.2 Å². The lowest BCUT2D eigenvalue weighted by atomic mass is 10.0. The topological polar surface area (TPSA) is 54.2 Å². The summed E-state index contributed by atoms with van der Waals surface area (Å²) in [5.74, 6) is 1.73. The normalized spacial score (nSPS) is 12.7. The molecule has 0 aliphatic carbocycles. The lowest BCUT2D eigenvalue weighted by Gasteiger charge is -2.19. The van der Waals surface area contributed by atoms with Gasteiger partial charge in [0.25, 0.3) is 0 Å². The highest BCUT2D eigenvalue weighted by Gasteiger charge is 2.10. The van der Waals surface area contributed by atoms with Crippen molar-refractivity contribution in [3.05, 3.63) is 102 Å². The van der Waals surface area contributed by atoms with E-state index in [2.05, 4.69) is 98.8 Å². The SMILES string of the molecule is CN=C(NCc1nccn1Cc1ccccc1)NC(C)c1ccc2ccccc2c1. The summed E-state index contributed by atoms with van der Waals surface area (Å²) in [6, 6.07) is 25.5. The van der Waals surface area contributed by atoms with Gasteiger partial charge in [-0.05, 0) is 34.9 Å². The van der Waals surface area contributed by atoms with E-state index in [-0.39, 0.29) is 6.04 Å². The molecule has 1 heterocycles. The van der Waals surface area contributed by atoms with Crippen molar-refractivity contribution in [2.75, 3.05) is 7.05 Å². The Labute approximate surface area is 177 Å². The lowest BCUT2D eigenvalue weighted by molar-refractivity contribution is 0.658. The molecule has 2 N–H and O–H groups in total. The summed E-state index contributed by atoms with van der Waals surface area (Å²) < 4.78 is 2.16. The highest BCUT2D eigenvalue weighted by atomic mass is 15.2. The maximum Gasteiger partial charge on any atom is 0.191 e. The summed E-state index contributed by atoms with van der Waals surface area (Å²) in [6.07, 6.45) is 3.85. The van der Waals surface area contributed by atoms with Gasteiger partial charge in [-0.3, -0.25) is 4.99 Å². The van der Waals surface area contributed by atoms with Crippen molar-refractivity contribution in [2.45, 2.75) is 26.1 Å². The molecule has 0 amide bonds. The number of fused-ring (bicyclic) bond motifs is 1. The molecule has 0 saturated carbocycles. The zero-order valence-electron chi connectivity index (χ0n) is 17.4. The molecule has 0 saturated heterocycles. The molecule has 1 unspecified atom stereocenters. The van der Waals surface area contributed by atoms with Crippen LogP contribution in [-0.4, -0.2) is 22.6 Å². The van der Waals surface area contributed by atoms with E-state index in [0.29, 0.717) is 6.54 Å². The second-order valence-corrected chi connectivity index (χ2v) is 7.36. The van der Waals surface area contributed by atoms with Crippen molar-refractivity contribution in [1.82, 2.24) is 20.2 Å². The van der Waals surface area contributed by atoms with Gasteiger partial charge in [0.1, 0.15) is 5.82 Å². The van der Waals surface area contributed by atoms with Crippen LogP contribution < -0.4 is 10.6 Å². The van der Waals surface area contributed by atoms with Gasteiger partial charge in [-0.15, -0.1) is 0 Å². The Morgan fingerprint density at radius 3 is 2.57 bits per heavy atom. The van der Waals surface area contributed by atoms with Crippen LogP contribution in [0.3, 0.4) is 0 Å². The van der Waals surface area contributed by atoms with Crippen LogP contribution in [0, 0.1) is 0 Å². The molecule has 0 aliphatic heterocycles. The second kappa shape index (κ2) is 9.27. The summed E-state index contributed by atoms with van der Waals surface area (Å²) in [4.78, 5) is 8.89. The van der Waals surface area contributed by atoms with Crippen molar-refractivity contribution < 1.29 is 0 Å². The molecular formula is C25H27N5. The van der Waals surface area contributed by atoms with E-state index in [1.807, 2.05) is 18.5 Å². The van der Waals surface area contributed by atoms with Gasteiger partial charge in [-0.1, -0.05) is 66.7 Å². The van der Waals surface area contributed by atoms with E-state index in [1.165, 1.54) is 21.9 Å². The van der Waals surface area contributed by atoms with Crippen LogP contribution in [0.15, 0.2) is 90.2 Å². The van der Waals surface area contributed by atoms with Crippen molar-refractivity contribution in [3.63, 3.8) is 0 Å². The summed E-state index contributed by atoms with van der Waals surface area (Å²) in [5.41, 5.74) is 2.48. The Morgan fingerprint density at radius 2 is 1.77 bits per heavy atom. The summed E-state index contributed by atoms with van der Waals surface area (Å²) in [6.45, 7) is 3.55. The molecule has 0 aliphatic rings. The number of guanidine groups is 1. The quantitative estimate of drug-likeness (QED) is 0.372. The number of benzene rings is 3. The average Bonchev–Trinajstić information content (AvgIpc) is 3.23. The largest absolute Gasteiger partial charge is 0.350 e. The number of aromatic nitrogens is 2. The first-order valence-corrected chi connectivity index (χ1v) is 10.2. The first-order chi connectivity index (χ1) is 14.7. The Hall–Kier alpha value is -3.60. The van der Waals surface area contributed by atoms with Crippen LogP contribution in [0.4, 0.5) is 0 Å². The van der Waals surface area contributed by atoms with E-state index in [9.17, 15) is 0 Å². The van der Waals surface area contributed by atoms with Crippen LogP contribution in [0.2, 0.25) is 0 Å². The molecule has 5 nitrogen and oxygen atoms in total. The van der Waals surface area contributed by atoms with Gasteiger partial charge in [0, 0.05) is 26.0 Å². The molecule has 0 radical (unpaired) electrons. The molecule has 0 spiro atoms. The minimum atomic E-state index is 0.130. The van der Waals surface area contributed by atoms with E-state index < -0.39 is 0 Å². The molecule has 152 valence electrons. The van der Waals surface area contributed by atoms with Gasteiger partial charge in [-0.2, -0.15) is 0 Å². The highest BCUT2D eigenvalue weighted by molar-refractivity contribution is 5.84. The molecule has 4 rings (SSSR count). The van der Waals surface area contributed by atoms with Crippen LogP contribution in [-0.2, 0) is 13.1 Å². The molecule has 4 aromatic rings. The maximum absolute atomic E-state index is 4.51. The smallest absolute Gasteiger partial charge is 0.191 e. The minimum absolute atomic E-state index is 0.130. The molecular weight excluding hydrogens is 370 g/mol. The van der Waals surface area contributed by atoms with Crippen LogP contribution in [0.25, 0.3) is 10.8 Å². The van der Waals surface area contributed by atoms with Crippen molar-refractivity contribution in [1.29, 1.82) is 0 Å². The molecule has 5 heteroatoms. The Kier molecular flexibility index (Phi) is 6.09. The summed E-state index contributed by atoms with van der Waals surface area (Å²) >= 11 is 0. The standard InChI is InChI=1S/C25H27N5/c1-19(22-13-12-21-10-6-7-11-23(21)16-22)29-25(26-2)28-17-24-27-14-15-30(24)18-20-8-4-3-5-9-20/h3-16,19H,17-18H2,1-2H3,(H2,26,28,29). The van der Waals surface area contributed by atoms with Crippen molar-refractivity contribution in [2.24, 2.45) is 4.99 Å². The fourth-order valence-corrected chi connectivity index (χ4v) is 3.55. The summed E-state index contributed by atoms with van der Waals surface area (Å²) in [7, 11) is 1.79. The third-order valence-electron chi connectivity index (χ3n) is 5.26. The zero-order chi connectivity index (χ0) is 20.8. The van der Waals surface area contributed by atoms with Gasteiger partial charge >= 0.3 is 0 Å². The zero-order valence-corrected chi connectivity index (χ0v) is 17.4. The predicted octanol–water partition coefficient (Wildman–Crippen LogP) is 4.51. The van der Waals surface area contributed by atoms with Crippen molar-refractivity contribution in [3.8, 4) is 0 Å². The first-order valence-electron chi connectivity index (χ1n) is 10.2. The highest BCUT2D eigenvalue weighted by Crippen LogP contribution is 2.20. The Morgan fingerprint density at radius 1 is 1.00 bits per heavy atom. The predicted molar refractivity (Wildman–Crippen MR) is 123 cm³/mol. The third-order valence-corrected chi connectivity index (χ3v) is 5.26. The summed E-state index contributed by atoms with van der Waals surface area (Å²) in [5, 5.41) is 9.37. The number of nitrogens with zero attached hydrogens (tertiary/aromatic N) is 3. The van der Waals surface area contributed by atoms with Gasteiger partial charge in [0.15, 0.2) is 5.96 Å². The fraction of sp³-hybridized carbons (Fsp3) is 0.200. The fourth-order valence-electron chi connectivity index (χ4n) is 3.55. The van der Waals surface area contributed by atoms with Crippen LogP contribution in [0.5, 0.6) is 0 Å². The molecule has 30 heavy (non-hydrogen) atoms. The number of imidazole rings is 1. The number of hydrogen-bond acceptors (Lipinski definition) is 2. The van der Waals surface area contributed by atoms with Gasteiger partial charge in [0.05, 0.1) is 12.6 Å². The Balaban J connectivity index is 1.39. The molecule has 0 fully saturated rings. The molecule has 3 aromatic carbocycles. The van der Waals surface area contributed by atoms with E-state index >= 15 is 0 Å². The number of hydrogen-bond donors (Lipinski definition) is 2. The van der Waals surface area contributed by atoms with Gasteiger partial charge in [-0.25, -0.2) is 4.98 Å². The number of rotatable bonds is 6. The molecule has 1 atom stereocenters. The monoisotopic (exact) mass is 397 g/mol. The number of nitrogens with one attached hydrogen (secondary N) is 2. The van der Waals surface area contributed by atoms with Crippen LogP contribution >= 0.6 is 0 Å². The Bertz CT molecular complexity index is 1130.